The molecule has 0 radical (unpaired) electrons. The minimum absolute atomic E-state index is 0.205. The summed E-state index contributed by atoms with van der Waals surface area (Å²) in [6, 6.07) is 3.62. The van der Waals surface area contributed by atoms with Gasteiger partial charge in [-0.25, -0.2) is 5.84 Å². The van der Waals surface area contributed by atoms with Gasteiger partial charge in [0, 0.05) is 17.8 Å². The number of carbonyl (C=O) groups excluding carboxylic acids is 2. The first-order valence-corrected chi connectivity index (χ1v) is 7.20. The number of hydrazine groups is 1. The molecule has 2 amide bonds. The Labute approximate surface area is 116 Å². The summed E-state index contributed by atoms with van der Waals surface area (Å²) in [4.78, 5) is 26.7. The summed E-state index contributed by atoms with van der Waals surface area (Å²) in [5.74, 6) is 5.98. The number of hydrogen-bond acceptors (Lipinski definition) is 4. The van der Waals surface area contributed by atoms with Gasteiger partial charge in [0.15, 0.2) is 0 Å². The van der Waals surface area contributed by atoms with Gasteiger partial charge in [-0.1, -0.05) is 13.8 Å². The number of amides is 2. The lowest BCUT2D eigenvalue weighted by Gasteiger charge is -2.17. The lowest BCUT2D eigenvalue weighted by Crippen LogP contribution is -2.29. The number of carbonyl (C=O) groups is 2. The van der Waals surface area contributed by atoms with Crippen LogP contribution in [0.5, 0.6) is 0 Å². The molecule has 0 saturated carbocycles. The van der Waals surface area contributed by atoms with E-state index in [0.29, 0.717) is 29.7 Å². The highest BCUT2D eigenvalue weighted by molar-refractivity contribution is 7.14. The van der Waals surface area contributed by atoms with E-state index < -0.39 is 0 Å². The minimum Gasteiger partial charge on any atom is -0.337 e. The molecule has 19 heavy (non-hydrogen) atoms. The molecule has 0 spiro atoms. The van der Waals surface area contributed by atoms with Crippen molar-refractivity contribution in [3.05, 3.63) is 21.9 Å². The van der Waals surface area contributed by atoms with E-state index in [1.165, 1.54) is 11.3 Å². The highest BCUT2D eigenvalue weighted by Crippen LogP contribution is 2.27. The number of hydrogen-bond donors (Lipinski definition) is 2. The van der Waals surface area contributed by atoms with Crippen LogP contribution in [-0.4, -0.2) is 23.3 Å². The van der Waals surface area contributed by atoms with Crippen molar-refractivity contribution in [3.8, 4) is 0 Å². The predicted octanol–water partition coefficient (Wildman–Crippen LogP) is 1.36. The van der Waals surface area contributed by atoms with Crippen LogP contribution in [0.15, 0.2) is 12.1 Å². The quantitative estimate of drug-likeness (QED) is 0.497. The number of nitrogens with one attached hydrogen (secondary N) is 1. The number of nitrogen functional groups attached to an aromatic ring is 1. The van der Waals surface area contributed by atoms with E-state index in [2.05, 4.69) is 19.3 Å². The molecule has 2 heterocycles. The SMILES string of the molecule is CC(C)C1CC(=O)N(Cc2ccc(C(=O)NN)s2)C1. The van der Waals surface area contributed by atoms with Crippen LogP contribution in [0.2, 0.25) is 0 Å². The lowest BCUT2D eigenvalue weighted by atomic mass is 9.95. The first-order chi connectivity index (χ1) is 9.01. The first kappa shape index (κ1) is 14.0. The molecule has 1 aromatic heterocycles. The second kappa shape index (κ2) is 5.71. The molecule has 1 fully saturated rings. The molecule has 5 nitrogen and oxygen atoms in total. The van der Waals surface area contributed by atoms with Crippen molar-refractivity contribution in [2.75, 3.05) is 6.54 Å². The van der Waals surface area contributed by atoms with Crippen molar-refractivity contribution in [2.24, 2.45) is 17.7 Å². The Balaban J connectivity index is 2.00. The average molecular weight is 281 g/mol. The predicted molar refractivity (Wildman–Crippen MR) is 74.3 cm³/mol. The van der Waals surface area contributed by atoms with Crippen LogP contribution < -0.4 is 11.3 Å². The first-order valence-electron chi connectivity index (χ1n) is 6.38. The van der Waals surface area contributed by atoms with Gasteiger partial charge < -0.3 is 4.90 Å². The van der Waals surface area contributed by atoms with Gasteiger partial charge in [0.1, 0.15) is 0 Å². The third-order valence-corrected chi connectivity index (χ3v) is 4.62. The minimum atomic E-state index is -0.288. The zero-order valence-electron chi connectivity index (χ0n) is 11.2. The Hall–Kier alpha value is -1.40. The van der Waals surface area contributed by atoms with Crippen molar-refractivity contribution in [3.63, 3.8) is 0 Å². The largest absolute Gasteiger partial charge is 0.337 e. The normalized spacial score (nSPS) is 19.3. The Morgan fingerprint density at radius 1 is 1.58 bits per heavy atom. The number of nitrogens with two attached hydrogens (primary N) is 1. The van der Waals surface area contributed by atoms with Gasteiger partial charge in [-0.15, -0.1) is 11.3 Å². The van der Waals surface area contributed by atoms with Crippen LogP contribution in [0.3, 0.4) is 0 Å². The number of thiophene rings is 1. The van der Waals surface area contributed by atoms with E-state index >= 15 is 0 Å². The van der Waals surface area contributed by atoms with Gasteiger partial charge in [-0.3, -0.25) is 15.0 Å². The molecular weight excluding hydrogens is 262 g/mol. The molecule has 1 aliphatic rings. The van der Waals surface area contributed by atoms with Crippen LogP contribution >= 0.6 is 11.3 Å². The van der Waals surface area contributed by atoms with Gasteiger partial charge >= 0.3 is 0 Å². The molecule has 3 N–H and O–H groups in total. The van der Waals surface area contributed by atoms with Crippen molar-refractivity contribution in [1.82, 2.24) is 10.3 Å². The van der Waals surface area contributed by atoms with E-state index in [-0.39, 0.29) is 11.8 Å². The summed E-state index contributed by atoms with van der Waals surface area (Å²) >= 11 is 1.38. The van der Waals surface area contributed by atoms with Gasteiger partial charge in [0.2, 0.25) is 5.91 Å². The number of nitrogens with zero attached hydrogens (tertiary/aromatic N) is 1. The van der Waals surface area contributed by atoms with Crippen molar-refractivity contribution < 1.29 is 9.59 Å². The molecule has 104 valence electrons. The molecule has 0 aliphatic carbocycles. The molecule has 1 atom stereocenters. The third-order valence-electron chi connectivity index (χ3n) is 3.55. The fraction of sp³-hybridized carbons (Fsp3) is 0.538. The van der Waals surface area contributed by atoms with Crippen molar-refractivity contribution in [1.29, 1.82) is 0 Å². The third kappa shape index (κ3) is 3.13. The lowest BCUT2D eigenvalue weighted by molar-refractivity contribution is -0.128. The zero-order chi connectivity index (χ0) is 14.0. The molecular formula is C13H19N3O2S. The Morgan fingerprint density at radius 3 is 2.89 bits per heavy atom. The molecule has 0 aromatic carbocycles. The second-order valence-corrected chi connectivity index (χ2v) is 6.39. The molecule has 6 heteroatoms. The maximum Gasteiger partial charge on any atom is 0.275 e. The topological polar surface area (TPSA) is 75.4 Å². The summed E-state index contributed by atoms with van der Waals surface area (Å²) in [6.45, 7) is 5.70. The summed E-state index contributed by atoms with van der Waals surface area (Å²) in [5.41, 5.74) is 2.11. The van der Waals surface area contributed by atoms with Crippen molar-refractivity contribution >= 4 is 23.2 Å². The van der Waals surface area contributed by atoms with Crippen LogP contribution in [-0.2, 0) is 11.3 Å². The summed E-state index contributed by atoms with van der Waals surface area (Å²) in [5, 5.41) is 0. The average Bonchev–Trinajstić information content (AvgIpc) is 2.97. The molecule has 1 aliphatic heterocycles. The molecule has 1 saturated heterocycles. The van der Waals surface area contributed by atoms with Crippen LogP contribution in [0, 0.1) is 11.8 Å². The molecule has 1 unspecified atom stereocenters. The van der Waals surface area contributed by atoms with E-state index in [1.807, 2.05) is 11.0 Å². The van der Waals surface area contributed by atoms with E-state index in [9.17, 15) is 9.59 Å². The maximum absolute atomic E-state index is 11.9. The standard InChI is InChI=1S/C13H19N3O2S/c1-8(2)9-5-12(17)16(6-9)7-10-3-4-11(19-10)13(18)15-14/h3-4,8-9H,5-7,14H2,1-2H3,(H,15,18). The smallest absolute Gasteiger partial charge is 0.275 e. The fourth-order valence-corrected chi connectivity index (χ4v) is 3.17. The Kier molecular flexibility index (Phi) is 4.21. The summed E-state index contributed by atoms with van der Waals surface area (Å²) in [6.07, 6.45) is 0.638. The van der Waals surface area contributed by atoms with Gasteiger partial charge in [-0.2, -0.15) is 0 Å². The van der Waals surface area contributed by atoms with Crippen molar-refractivity contribution in [2.45, 2.75) is 26.8 Å². The molecule has 2 rings (SSSR count). The zero-order valence-corrected chi connectivity index (χ0v) is 12.0. The fourth-order valence-electron chi connectivity index (χ4n) is 2.25. The highest BCUT2D eigenvalue weighted by Gasteiger charge is 2.31. The van der Waals surface area contributed by atoms with Crippen LogP contribution in [0.4, 0.5) is 0 Å². The van der Waals surface area contributed by atoms with Gasteiger partial charge in [0.25, 0.3) is 5.91 Å². The van der Waals surface area contributed by atoms with Gasteiger partial charge in [-0.05, 0) is 24.0 Å². The second-order valence-electron chi connectivity index (χ2n) is 5.22. The van der Waals surface area contributed by atoms with Crippen LogP contribution in [0.25, 0.3) is 0 Å². The van der Waals surface area contributed by atoms with Gasteiger partial charge in [0.05, 0.1) is 11.4 Å². The monoisotopic (exact) mass is 281 g/mol. The Bertz CT molecular complexity index is 484. The van der Waals surface area contributed by atoms with Crippen LogP contribution in [0.1, 0.15) is 34.8 Å². The molecule has 0 bridgehead atoms. The molecule has 1 aromatic rings. The maximum atomic E-state index is 11.9. The van der Waals surface area contributed by atoms with E-state index in [4.69, 9.17) is 5.84 Å². The van der Waals surface area contributed by atoms with E-state index in [1.54, 1.807) is 6.07 Å². The number of likely N-dealkylation sites (tertiary alicyclic amines) is 1. The highest BCUT2D eigenvalue weighted by atomic mass is 32.1. The summed E-state index contributed by atoms with van der Waals surface area (Å²) < 4.78 is 0. The summed E-state index contributed by atoms with van der Waals surface area (Å²) in [7, 11) is 0. The Morgan fingerprint density at radius 2 is 2.32 bits per heavy atom. The van der Waals surface area contributed by atoms with E-state index in [0.717, 1.165) is 11.4 Å². The number of rotatable bonds is 4.